The predicted octanol–water partition coefficient (Wildman–Crippen LogP) is 0.351. The number of nitrogens with two attached hydrogens (primary N) is 1. The molecule has 0 aromatic carbocycles. The number of esters is 1. The van der Waals surface area contributed by atoms with Crippen LogP contribution in [-0.4, -0.2) is 36.5 Å². The number of hydrogen-bond donors (Lipinski definition) is 1. The van der Waals surface area contributed by atoms with Gasteiger partial charge in [0.2, 0.25) is 0 Å². The van der Waals surface area contributed by atoms with Gasteiger partial charge in [0.15, 0.2) is 11.7 Å². The van der Waals surface area contributed by atoms with E-state index in [1.165, 1.54) is 0 Å². The van der Waals surface area contributed by atoms with Crippen LogP contribution in [-0.2, 0) is 14.3 Å². The smallest absolute Gasteiger partial charge is 0.416 e. The first-order valence-electron chi connectivity index (χ1n) is 4.35. The SMILES string of the molecule is COC(=O)C12CC(N)(C1)C(C(F)(F)F)O2. The van der Waals surface area contributed by atoms with Crippen molar-refractivity contribution in [3.8, 4) is 0 Å². The molecule has 0 aromatic rings. The number of rotatable bonds is 1. The van der Waals surface area contributed by atoms with Crippen LogP contribution in [0.3, 0.4) is 0 Å². The van der Waals surface area contributed by atoms with E-state index in [4.69, 9.17) is 10.5 Å². The molecule has 0 amide bonds. The highest BCUT2D eigenvalue weighted by molar-refractivity contribution is 5.82. The lowest BCUT2D eigenvalue weighted by atomic mass is 9.66. The molecule has 0 aromatic heterocycles. The zero-order valence-corrected chi connectivity index (χ0v) is 7.93. The fourth-order valence-corrected chi connectivity index (χ4v) is 2.39. The Kier molecular flexibility index (Phi) is 1.89. The van der Waals surface area contributed by atoms with Crippen molar-refractivity contribution in [3.05, 3.63) is 0 Å². The number of halogens is 3. The first kappa shape index (κ1) is 10.7. The van der Waals surface area contributed by atoms with Crippen molar-refractivity contribution < 1.29 is 27.4 Å². The number of methoxy groups -OCH3 is 1. The van der Waals surface area contributed by atoms with E-state index in [1.807, 2.05) is 0 Å². The summed E-state index contributed by atoms with van der Waals surface area (Å²) < 4.78 is 46.5. The van der Waals surface area contributed by atoms with Crippen molar-refractivity contribution >= 4 is 5.97 Å². The van der Waals surface area contributed by atoms with Gasteiger partial charge in [-0.3, -0.25) is 0 Å². The maximum atomic E-state index is 12.5. The quantitative estimate of drug-likeness (QED) is 0.654. The molecule has 1 aliphatic carbocycles. The van der Waals surface area contributed by atoms with Crippen LogP contribution in [0.25, 0.3) is 0 Å². The largest absolute Gasteiger partial charge is 0.467 e. The van der Waals surface area contributed by atoms with E-state index in [1.54, 1.807) is 0 Å². The number of hydrogen-bond acceptors (Lipinski definition) is 4. The third-order valence-corrected chi connectivity index (χ3v) is 2.95. The van der Waals surface area contributed by atoms with Crippen LogP contribution in [0.2, 0.25) is 0 Å². The van der Waals surface area contributed by atoms with Gasteiger partial charge in [0.05, 0.1) is 12.6 Å². The van der Waals surface area contributed by atoms with Crippen molar-refractivity contribution in [3.63, 3.8) is 0 Å². The third kappa shape index (κ3) is 1.26. The average molecular weight is 225 g/mol. The molecule has 7 heteroatoms. The standard InChI is InChI=1S/C8H10F3NO3/c1-14-5(13)7-2-6(12,3-7)4(15-7)8(9,10)11/h4H,2-3,12H2,1H3. The maximum absolute atomic E-state index is 12.5. The minimum atomic E-state index is -4.54. The minimum Gasteiger partial charge on any atom is -0.467 e. The van der Waals surface area contributed by atoms with Gasteiger partial charge in [-0.15, -0.1) is 0 Å². The molecule has 3 aliphatic rings. The van der Waals surface area contributed by atoms with Gasteiger partial charge in [-0.25, -0.2) is 4.79 Å². The number of ether oxygens (including phenoxy) is 2. The molecule has 1 saturated carbocycles. The molecule has 1 atom stereocenters. The second kappa shape index (κ2) is 2.65. The van der Waals surface area contributed by atoms with Gasteiger partial charge >= 0.3 is 12.1 Å². The Hall–Kier alpha value is -0.820. The summed E-state index contributed by atoms with van der Waals surface area (Å²) >= 11 is 0. The van der Waals surface area contributed by atoms with Gasteiger partial charge in [-0.2, -0.15) is 13.2 Å². The van der Waals surface area contributed by atoms with Crippen LogP contribution >= 0.6 is 0 Å². The highest BCUT2D eigenvalue weighted by Gasteiger charge is 2.76. The van der Waals surface area contributed by atoms with E-state index in [-0.39, 0.29) is 12.8 Å². The molecule has 3 rings (SSSR count). The van der Waals surface area contributed by atoms with Crippen molar-refractivity contribution in [1.29, 1.82) is 0 Å². The molecule has 3 fully saturated rings. The summed E-state index contributed by atoms with van der Waals surface area (Å²) in [5.74, 6) is -0.782. The van der Waals surface area contributed by atoms with Crippen LogP contribution in [0.1, 0.15) is 12.8 Å². The Labute approximate surface area is 83.5 Å². The Morgan fingerprint density at radius 2 is 2.07 bits per heavy atom. The number of alkyl halides is 3. The van der Waals surface area contributed by atoms with E-state index in [0.29, 0.717) is 0 Å². The first-order chi connectivity index (χ1) is 6.73. The summed E-state index contributed by atoms with van der Waals surface area (Å²) in [4.78, 5) is 11.2. The van der Waals surface area contributed by atoms with Crippen LogP contribution < -0.4 is 5.73 Å². The fourth-order valence-electron chi connectivity index (χ4n) is 2.39. The second-order valence-electron chi connectivity index (χ2n) is 4.11. The van der Waals surface area contributed by atoms with Gasteiger partial charge in [0.1, 0.15) is 0 Å². The highest BCUT2D eigenvalue weighted by atomic mass is 19.4. The van der Waals surface area contributed by atoms with Crippen LogP contribution in [0.4, 0.5) is 13.2 Å². The lowest BCUT2D eigenvalue weighted by Gasteiger charge is -2.40. The molecule has 4 nitrogen and oxygen atoms in total. The Morgan fingerprint density at radius 3 is 2.40 bits per heavy atom. The summed E-state index contributed by atoms with van der Waals surface area (Å²) in [7, 11) is 1.11. The monoisotopic (exact) mass is 225 g/mol. The Bertz CT molecular complexity index is 309. The van der Waals surface area contributed by atoms with Crippen molar-refractivity contribution in [2.24, 2.45) is 5.73 Å². The summed E-state index contributed by atoms with van der Waals surface area (Å²) in [6.45, 7) is 0. The average Bonchev–Trinajstić information content (AvgIpc) is 2.51. The zero-order valence-electron chi connectivity index (χ0n) is 7.93. The third-order valence-electron chi connectivity index (χ3n) is 2.95. The number of carbonyl (C=O) groups is 1. The molecule has 86 valence electrons. The fraction of sp³-hybridized carbons (Fsp3) is 0.875. The summed E-state index contributed by atoms with van der Waals surface area (Å²) in [5.41, 5.74) is 2.56. The molecular formula is C8H10F3NO3. The number of fused-ring (bicyclic) bond motifs is 1. The molecule has 1 unspecified atom stereocenters. The normalized spacial score (nSPS) is 43.7. The van der Waals surface area contributed by atoms with Crippen LogP contribution in [0, 0.1) is 0 Å². The predicted molar refractivity (Wildman–Crippen MR) is 41.8 cm³/mol. The zero-order chi connectivity index (χ0) is 11.5. The molecule has 2 saturated heterocycles. The minimum absolute atomic E-state index is 0.128. The van der Waals surface area contributed by atoms with Crippen LogP contribution in [0.5, 0.6) is 0 Å². The van der Waals surface area contributed by atoms with E-state index < -0.39 is 29.4 Å². The van der Waals surface area contributed by atoms with Gasteiger partial charge in [-0.05, 0) is 0 Å². The van der Waals surface area contributed by atoms with E-state index in [2.05, 4.69) is 4.74 Å². The maximum Gasteiger partial charge on any atom is 0.416 e. The molecule has 2 N–H and O–H groups in total. The lowest BCUT2D eigenvalue weighted by Crippen LogP contribution is -2.62. The van der Waals surface area contributed by atoms with E-state index >= 15 is 0 Å². The van der Waals surface area contributed by atoms with Crippen molar-refractivity contribution in [1.82, 2.24) is 0 Å². The van der Waals surface area contributed by atoms with Gasteiger partial charge in [-0.1, -0.05) is 0 Å². The Balaban J connectivity index is 2.21. The summed E-state index contributed by atoms with van der Waals surface area (Å²) in [6, 6.07) is 0. The van der Waals surface area contributed by atoms with E-state index in [9.17, 15) is 18.0 Å². The van der Waals surface area contributed by atoms with Gasteiger partial charge in [0.25, 0.3) is 0 Å². The molecule has 2 heterocycles. The first-order valence-corrected chi connectivity index (χ1v) is 4.35. The molecule has 2 aliphatic heterocycles. The van der Waals surface area contributed by atoms with Crippen molar-refractivity contribution in [2.75, 3.05) is 7.11 Å². The summed E-state index contributed by atoms with van der Waals surface area (Å²) in [6.07, 6.45) is -6.86. The van der Waals surface area contributed by atoms with Gasteiger partial charge < -0.3 is 15.2 Å². The summed E-state index contributed by atoms with van der Waals surface area (Å²) in [5, 5.41) is 0. The molecule has 0 spiro atoms. The molecule has 2 bridgehead atoms. The van der Waals surface area contributed by atoms with Gasteiger partial charge in [0, 0.05) is 12.8 Å². The molecule has 0 radical (unpaired) electrons. The highest BCUT2D eigenvalue weighted by Crippen LogP contribution is 2.58. The topological polar surface area (TPSA) is 61.5 Å². The number of carbonyl (C=O) groups excluding carboxylic acids is 1. The van der Waals surface area contributed by atoms with Crippen LogP contribution in [0.15, 0.2) is 0 Å². The second-order valence-corrected chi connectivity index (χ2v) is 4.11. The van der Waals surface area contributed by atoms with Crippen molar-refractivity contribution in [2.45, 2.75) is 36.3 Å². The van der Waals surface area contributed by atoms with E-state index in [0.717, 1.165) is 7.11 Å². The lowest BCUT2D eigenvalue weighted by molar-refractivity contribution is -0.220. The molecule has 15 heavy (non-hydrogen) atoms. The molecular weight excluding hydrogens is 215 g/mol. The Morgan fingerprint density at radius 1 is 1.53 bits per heavy atom.